The lowest BCUT2D eigenvalue weighted by Crippen LogP contribution is -2.17. The number of nitrogens with zero attached hydrogens (tertiary/aromatic N) is 4. The number of nitrogens with one attached hydrogen (secondary N) is 1. The summed E-state index contributed by atoms with van der Waals surface area (Å²) in [5.74, 6) is 3.67. The average Bonchev–Trinajstić information content (AvgIpc) is 3.09. The molecule has 0 unspecified atom stereocenters. The molecule has 0 saturated heterocycles. The van der Waals surface area contributed by atoms with Gasteiger partial charge in [0.2, 0.25) is 0 Å². The second-order valence-corrected chi connectivity index (χ2v) is 8.73. The zero-order chi connectivity index (χ0) is 19.8. The monoisotopic (exact) mass is 387 g/mol. The third-order valence-corrected chi connectivity index (χ3v) is 6.48. The van der Waals surface area contributed by atoms with E-state index in [1.54, 1.807) is 0 Å². The Morgan fingerprint density at radius 2 is 1.69 bits per heavy atom. The van der Waals surface area contributed by atoms with Gasteiger partial charge in [-0.25, -0.2) is 0 Å². The van der Waals surface area contributed by atoms with Gasteiger partial charge in [-0.2, -0.15) is 0 Å². The highest BCUT2D eigenvalue weighted by Crippen LogP contribution is 2.40. The highest BCUT2D eigenvalue weighted by molar-refractivity contribution is 5.44. The van der Waals surface area contributed by atoms with E-state index in [1.165, 1.54) is 35.5 Å². The third-order valence-electron chi connectivity index (χ3n) is 6.48. The van der Waals surface area contributed by atoms with Crippen molar-refractivity contribution in [3.8, 4) is 5.69 Å². The first kappa shape index (κ1) is 18.5. The number of aromatic nitrogens is 4. The summed E-state index contributed by atoms with van der Waals surface area (Å²) in [5, 5.41) is 12.7. The minimum Gasteiger partial charge on any atom is -0.306 e. The largest absolute Gasteiger partial charge is 0.306 e. The molecule has 0 radical (unpaired) electrons. The molecule has 5 rings (SSSR count). The molecule has 29 heavy (non-hydrogen) atoms. The molecule has 5 nitrogen and oxygen atoms in total. The smallest absolute Gasteiger partial charge is 0.151 e. The topological polar surface area (TPSA) is 55.6 Å². The van der Waals surface area contributed by atoms with E-state index in [0.29, 0.717) is 17.8 Å². The Labute approximate surface area is 172 Å². The van der Waals surface area contributed by atoms with Crippen LogP contribution in [0, 0.1) is 0 Å². The Kier molecular flexibility index (Phi) is 4.92. The number of fused-ring (bicyclic) bond motifs is 3. The highest BCUT2D eigenvalue weighted by Gasteiger charge is 2.30. The van der Waals surface area contributed by atoms with Crippen LogP contribution < -0.4 is 5.32 Å². The molecular weight excluding hydrogens is 358 g/mol. The van der Waals surface area contributed by atoms with Crippen LogP contribution in [0.25, 0.3) is 5.69 Å². The summed E-state index contributed by atoms with van der Waals surface area (Å²) < 4.78 is 2.32. The molecule has 2 aliphatic rings. The zero-order valence-electron chi connectivity index (χ0n) is 17.3. The van der Waals surface area contributed by atoms with Crippen molar-refractivity contribution in [1.82, 2.24) is 25.1 Å². The summed E-state index contributed by atoms with van der Waals surface area (Å²) in [6.45, 7) is 6.08. The first-order valence-corrected chi connectivity index (χ1v) is 10.9. The normalized spacial score (nSPS) is 21.5. The molecule has 1 aliphatic heterocycles. The van der Waals surface area contributed by atoms with Gasteiger partial charge < -0.3 is 5.32 Å². The van der Waals surface area contributed by atoms with E-state index in [1.807, 2.05) is 0 Å². The third kappa shape index (κ3) is 3.48. The molecule has 150 valence electrons. The van der Waals surface area contributed by atoms with Crippen LogP contribution in [0.15, 0.2) is 42.5 Å². The number of rotatable bonds is 3. The van der Waals surface area contributed by atoms with Gasteiger partial charge in [-0.05, 0) is 55.4 Å². The van der Waals surface area contributed by atoms with E-state index in [2.05, 4.69) is 76.4 Å². The van der Waals surface area contributed by atoms with Crippen molar-refractivity contribution in [2.75, 3.05) is 0 Å². The Balaban J connectivity index is 1.38. The number of hydrogen-bond donors (Lipinski definition) is 1. The van der Waals surface area contributed by atoms with Gasteiger partial charge in [-0.1, -0.05) is 38.1 Å². The Hall–Kier alpha value is -2.53. The van der Waals surface area contributed by atoms with E-state index in [9.17, 15) is 0 Å². The van der Waals surface area contributed by atoms with Crippen LogP contribution in [0.5, 0.6) is 0 Å². The van der Waals surface area contributed by atoms with Gasteiger partial charge in [0.15, 0.2) is 5.82 Å². The maximum atomic E-state index is 4.95. The standard InChI is InChI=1S/C24H29N5/c1-16(2)20-7-5-8-21(26-20)17-10-12-18(13-11-17)24-28-27-23-15-25-14-19-6-3-4-9-22(19)29(23)24/h3-9,16-18,25H,10-15H2,1-2H3. The summed E-state index contributed by atoms with van der Waals surface area (Å²) in [6, 6.07) is 15.2. The van der Waals surface area contributed by atoms with Gasteiger partial charge in [0, 0.05) is 29.8 Å². The molecule has 1 fully saturated rings. The summed E-state index contributed by atoms with van der Waals surface area (Å²) >= 11 is 0. The minimum absolute atomic E-state index is 0.465. The van der Waals surface area contributed by atoms with Crippen molar-refractivity contribution in [3.05, 3.63) is 71.1 Å². The van der Waals surface area contributed by atoms with Gasteiger partial charge in [-0.3, -0.25) is 9.55 Å². The molecule has 1 aliphatic carbocycles. The van der Waals surface area contributed by atoms with Crippen LogP contribution in [0.2, 0.25) is 0 Å². The molecule has 0 amide bonds. The number of benzene rings is 1. The van der Waals surface area contributed by atoms with E-state index >= 15 is 0 Å². The molecule has 1 saturated carbocycles. The van der Waals surface area contributed by atoms with Gasteiger partial charge >= 0.3 is 0 Å². The fourth-order valence-electron chi connectivity index (χ4n) is 4.82. The molecule has 0 bridgehead atoms. The molecule has 3 aromatic rings. The SMILES string of the molecule is CC(C)c1cccc(C2CCC(c3nnc4n3-c3ccccc3CNC4)CC2)n1. The van der Waals surface area contributed by atoms with Crippen molar-refractivity contribution in [2.45, 2.75) is 70.4 Å². The fraction of sp³-hybridized carbons (Fsp3) is 0.458. The van der Waals surface area contributed by atoms with Crippen LogP contribution in [-0.2, 0) is 13.1 Å². The van der Waals surface area contributed by atoms with Crippen molar-refractivity contribution >= 4 is 0 Å². The predicted octanol–water partition coefficient (Wildman–Crippen LogP) is 4.83. The Morgan fingerprint density at radius 1 is 0.897 bits per heavy atom. The van der Waals surface area contributed by atoms with Crippen LogP contribution in [0.4, 0.5) is 0 Å². The average molecular weight is 388 g/mol. The maximum absolute atomic E-state index is 4.95. The van der Waals surface area contributed by atoms with Crippen LogP contribution in [0.1, 0.15) is 85.9 Å². The van der Waals surface area contributed by atoms with Crippen molar-refractivity contribution in [3.63, 3.8) is 0 Å². The van der Waals surface area contributed by atoms with E-state index in [4.69, 9.17) is 4.98 Å². The first-order chi connectivity index (χ1) is 14.2. The van der Waals surface area contributed by atoms with Crippen molar-refractivity contribution < 1.29 is 0 Å². The van der Waals surface area contributed by atoms with E-state index in [0.717, 1.165) is 37.6 Å². The second-order valence-electron chi connectivity index (χ2n) is 8.73. The van der Waals surface area contributed by atoms with Crippen molar-refractivity contribution in [2.24, 2.45) is 0 Å². The summed E-state index contributed by atoms with van der Waals surface area (Å²) in [5.41, 5.74) is 5.03. The van der Waals surface area contributed by atoms with Crippen molar-refractivity contribution in [1.29, 1.82) is 0 Å². The molecule has 3 heterocycles. The maximum Gasteiger partial charge on any atom is 0.151 e. The van der Waals surface area contributed by atoms with E-state index in [-0.39, 0.29) is 0 Å². The van der Waals surface area contributed by atoms with Crippen LogP contribution >= 0.6 is 0 Å². The molecule has 1 N–H and O–H groups in total. The highest BCUT2D eigenvalue weighted by atomic mass is 15.3. The van der Waals surface area contributed by atoms with Crippen LogP contribution in [0.3, 0.4) is 0 Å². The Bertz CT molecular complexity index is 998. The Morgan fingerprint density at radius 3 is 2.52 bits per heavy atom. The lowest BCUT2D eigenvalue weighted by atomic mass is 9.79. The molecule has 1 aromatic carbocycles. The first-order valence-electron chi connectivity index (χ1n) is 10.9. The van der Waals surface area contributed by atoms with Gasteiger partial charge in [-0.15, -0.1) is 10.2 Å². The summed E-state index contributed by atoms with van der Waals surface area (Å²) in [7, 11) is 0. The van der Waals surface area contributed by atoms with Gasteiger partial charge in [0.1, 0.15) is 5.82 Å². The zero-order valence-corrected chi connectivity index (χ0v) is 17.3. The predicted molar refractivity (Wildman–Crippen MR) is 114 cm³/mol. The molecule has 5 heteroatoms. The lowest BCUT2D eigenvalue weighted by Gasteiger charge is -2.28. The molecule has 0 atom stereocenters. The van der Waals surface area contributed by atoms with Gasteiger partial charge in [0.25, 0.3) is 0 Å². The molecule has 2 aromatic heterocycles. The number of para-hydroxylation sites is 1. The lowest BCUT2D eigenvalue weighted by molar-refractivity contribution is 0.377. The summed E-state index contributed by atoms with van der Waals surface area (Å²) in [4.78, 5) is 4.95. The molecule has 0 spiro atoms. The summed E-state index contributed by atoms with van der Waals surface area (Å²) in [6.07, 6.45) is 4.63. The molecular formula is C24H29N5. The second kappa shape index (κ2) is 7.71. The quantitative estimate of drug-likeness (QED) is 0.699. The fourth-order valence-corrected chi connectivity index (χ4v) is 4.82. The van der Waals surface area contributed by atoms with Gasteiger partial charge in [0.05, 0.1) is 12.2 Å². The van der Waals surface area contributed by atoms with E-state index < -0.39 is 0 Å². The van der Waals surface area contributed by atoms with Crippen LogP contribution in [-0.4, -0.2) is 19.7 Å². The number of hydrogen-bond acceptors (Lipinski definition) is 4. The number of pyridine rings is 1. The minimum atomic E-state index is 0.465.